The normalized spacial score (nSPS) is 12.4. The number of halogens is 3. The van der Waals surface area contributed by atoms with Crippen molar-refractivity contribution in [1.29, 1.82) is 0 Å². The van der Waals surface area contributed by atoms with Crippen LogP contribution >= 0.6 is 37.2 Å². The third kappa shape index (κ3) is 5.78. The molecule has 0 radical (unpaired) electrons. The monoisotopic (exact) mass is 567 g/mol. The SMILES string of the molecule is Cl.Cl.Cl.O=C(c1cncc2ccccc12)N1CCN(Cc2cnc[nH]2)c2ccc(-c3ccccc3)cc2C1. The van der Waals surface area contributed by atoms with Gasteiger partial charge in [0.25, 0.3) is 5.91 Å². The number of hydrogen-bond acceptors (Lipinski definition) is 4. The summed E-state index contributed by atoms with van der Waals surface area (Å²) >= 11 is 0. The number of pyridine rings is 1. The minimum Gasteiger partial charge on any atom is -0.364 e. The number of nitrogens with zero attached hydrogens (tertiary/aromatic N) is 4. The highest BCUT2D eigenvalue weighted by Gasteiger charge is 2.26. The van der Waals surface area contributed by atoms with Crippen molar-refractivity contribution in [2.24, 2.45) is 0 Å². The lowest BCUT2D eigenvalue weighted by Crippen LogP contribution is -2.35. The van der Waals surface area contributed by atoms with Gasteiger partial charge in [-0.15, -0.1) is 37.2 Å². The molecule has 0 spiro atoms. The van der Waals surface area contributed by atoms with Gasteiger partial charge >= 0.3 is 0 Å². The number of H-pyrrole nitrogens is 1. The summed E-state index contributed by atoms with van der Waals surface area (Å²) in [6.45, 7) is 2.58. The van der Waals surface area contributed by atoms with Crippen molar-refractivity contribution in [3.8, 4) is 11.1 Å². The molecule has 9 heteroatoms. The van der Waals surface area contributed by atoms with E-state index in [1.807, 2.05) is 47.6 Å². The molecule has 1 amide bonds. The molecule has 6 nitrogen and oxygen atoms in total. The zero-order valence-electron chi connectivity index (χ0n) is 20.5. The van der Waals surface area contributed by atoms with Crippen LogP contribution in [0.15, 0.2) is 97.7 Å². The minimum atomic E-state index is 0. The van der Waals surface area contributed by atoms with Crippen LogP contribution in [0.3, 0.4) is 0 Å². The van der Waals surface area contributed by atoms with Crippen molar-refractivity contribution >= 4 is 59.6 Å². The summed E-state index contributed by atoms with van der Waals surface area (Å²) in [5, 5.41) is 1.91. The molecule has 5 aromatic rings. The summed E-state index contributed by atoms with van der Waals surface area (Å²) in [6.07, 6.45) is 7.06. The predicted molar refractivity (Wildman–Crippen MR) is 160 cm³/mol. The predicted octanol–water partition coefficient (Wildman–Crippen LogP) is 6.55. The van der Waals surface area contributed by atoms with Crippen molar-refractivity contribution in [3.05, 3.63) is 115 Å². The van der Waals surface area contributed by atoms with Gasteiger partial charge in [0.1, 0.15) is 0 Å². The summed E-state index contributed by atoms with van der Waals surface area (Å²) in [5.41, 5.74) is 6.27. The molecule has 1 aliphatic heterocycles. The summed E-state index contributed by atoms with van der Waals surface area (Å²) in [4.78, 5) is 29.8. The van der Waals surface area contributed by atoms with Crippen LogP contribution in [0.1, 0.15) is 21.6 Å². The Morgan fingerprint density at radius 2 is 1.61 bits per heavy atom. The van der Waals surface area contributed by atoms with E-state index in [1.54, 1.807) is 12.5 Å². The molecule has 0 fully saturated rings. The zero-order valence-corrected chi connectivity index (χ0v) is 22.9. The summed E-state index contributed by atoms with van der Waals surface area (Å²) in [7, 11) is 0. The number of aromatic nitrogens is 3. The second-order valence-corrected chi connectivity index (χ2v) is 8.84. The molecule has 3 aromatic carbocycles. The first-order valence-corrected chi connectivity index (χ1v) is 11.8. The van der Waals surface area contributed by atoms with Crippen LogP contribution in [-0.4, -0.2) is 38.8 Å². The average Bonchev–Trinajstić information content (AvgIpc) is 3.36. The number of anilines is 1. The Labute approximate surface area is 240 Å². The van der Waals surface area contributed by atoms with Crippen LogP contribution in [0.25, 0.3) is 21.9 Å². The molecule has 3 heterocycles. The second-order valence-electron chi connectivity index (χ2n) is 8.84. The number of carbonyl (C=O) groups is 1. The second kappa shape index (κ2) is 12.8. The molecule has 0 saturated carbocycles. The van der Waals surface area contributed by atoms with Crippen LogP contribution < -0.4 is 4.90 Å². The van der Waals surface area contributed by atoms with E-state index in [0.717, 1.165) is 45.4 Å². The number of aromatic amines is 1. The number of rotatable bonds is 4. The van der Waals surface area contributed by atoms with E-state index in [9.17, 15) is 4.79 Å². The molecule has 0 bridgehead atoms. The Hall–Kier alpha value is -3.58. The fourth-order valence-electron chi connectivity index (χ4n) is 4.85. The maximum absolute atomic E-state index is 13.8. The number of amides is 1. The number of fused-ring (bicyclic) bond motifs is 2. The first-order valence-electron chi connectivity index (χ1n) is 11.8. The quantitative estimate of drug-likeness (QED) is 0.267. The topological polar surface area (TPSA) is 65.1 Å². The molecule has 0 aliphatic carbocycles. The molecule has 0 atom stereocenters. The van der Waals surface area contributed by atoms with Gasteiger partial charge in [-0.3, -0.25) is 9.78 Å². The Morgan fingerprint density at radius 3 is 2.39 bits per heavy atom. The molecule has 6 rings (SSSR count). The highest BCUT2D eigenvalue weighted by molar-refractivity contribution is 6.06. The fourth-order valence-corrected chi connectivity index (χ4v) is 4.85. The van der Waals surface area contributed by atoms with Crippen molar-refractivity contribution in [1.82, 2.24) is 19.9 Å². The van der Waals surface area contributed by atoms with Gasteiger partial charge in [-0.05, 0) is 34.2 Å². The molecule has 1 N–H and O–H groups in total. The van der Waals surface area contributed by atoms with E-state index in [4.69, 9.17) is 0 Å². The smallest absolute Gasteiger partial charge is 0.256 e. The lowest BCUT2D eigenvalue weighted by molar-refractivity contribution is 0.0753. The molecule has 196 valence electrons. The number of benzene rings is 3. The fraction of sp³-hybridized carbons (Fsp3) is 0.138. The van der Waals surface area contributed by atoms with Gasteiger partial charge in [-0.2, -0.15) is 0 Å². The zero-order chi connectivity index (χ0) is 23.6. The summed E-state index contributed by atoms with van der Waals surface area (Å²) < 4.78 is 0. The number of carbonyl (C=O) groups excluding carboxylic acids is 1. The molecular formula is C29H28Cl3N5O. The van der Waals surface area contributed by atoms with Crippen LogP contribution in [0.2, 0.25) is 0 Å². The minimum absolute atomic E-state index is 0. The highest BCUT2D eigenvalue weighted by Crippen LogP contribution is 2.32. The van der Waals surface area contributed by atoms with Crippen molar-refractivity contribution in [2.75, 3.05) is 18.0 Å². The molecule has 2 aromatic heterocycles. The number of hydrogen-bond donors (Lipinski definition) is 1. The van der Waals surface area contributed by atoms with E-state index in [2.05, 4.69) is 62.3 Å². The Bertz CT molecular complexity index is 1490. The maximum atomic E-state index is 13.8. The third-order valence-corrected chi connectivity index (χ3v) is 6.63. The first-order chi connectivity index (χ1) is 17.3. The third-order valence-electron chi connectivity index (χ3n) is 6.63. The van der Waals surface area contributed by atoms with E-state index in [1.165, 1.54) is 0 Å². The van der Waals surface area contributed by atoms with Gasteiger partial charge < -0.3 is 14.8 Å². The lowest BCUT2D eigenvalue weighted by atomic mass is 10.0. The summed E-state index contributed by atoms with van der Waals surface area (Å²) in [5.74, 6) is 0.00811. The van der Waals surface area contributed by atoms with Gasteiger partial charge in [-0.25, -0.2) is 4.98 Å². The van der Waals surface area contributed by atoms with E-state index in [-0.39, 0.29) is 43.1 Å². The van der Waals surface area contributed by atoms with Crippen LogP contribution in [0, 0.1) is 0 Å². The van der Waals surface area contributed by atoms with Crippen molar-refractivity contribution in [2.45, 2.75) is 13.1 Å². The number of nitrogens with one attached hydrogen (secondary N) is 1. The standard InChI is InChI=1S/C29H25N5O.3ClH/c35-29(27-17-30-15-23-8-4-5-9-26(23)27)34-13-12-33(19-25-16-31-20-32-25)28-11-10-22(14-24(28)18-34)21-6-2-1-3-7-21;;;/h1-11,14-17,20H,12-13,18-19H2,(H,31,32);3*1H. The Morgan fingerprint density at radius 1 is 0.816 bits per heavy atom. The van der Waals surface area contributed by atoms with Crippen LogP contribution in [0.5, 0.6) is 0 Å². The van der Waals surface area contributed by atoms with Gasteiger partial charge in [0, 0.05) is 49.3 Å². The van der Waals surface area contributed by atoms with Crippen LogP contribution in [0.4, 0.5) is 5.69 Å². The lowest BCUT2D eigenvalue weighted by Gasteiger charge is -2.24. The van der Waals surface area contributed by atoms with Gasteiger partial charge in [0.15, 0.2) is 0 Å². The molecule has 0 unspecified atom stereocenters. The Balaban J connectivity index is 0.00000133. The van der Waals surface area contributed by atoms with Crippen LogP contribution in [-0.2, 0) is 13.1 Å². The molecular weight excluding hydrogens is 541 g/mol. The largest absolute Gasteiger partial charge is 0.364 e. The molecule has 38 heavy (non-hydrogen) atoms. The highest BCUT2D eigenvalue weighted by atomic mass is 35.5. The average molecular weight is 569 g/mol. The summed E-state index contributed by atoms with van der Waals surface area (Å²) in [6, 6.07) is 24.9. The van der Waals surface area contributed by atoms with E-state index in [0.29, 0.717) is 25.2 Å². The van der Waals surface area contributed by atoms with E-state index < -0.39 is 0 Å². The molecule has 1 aliphatic rings. The van der Waals surface area contributed by atoms with E-state index >= 15 is 0 Å². The van der Waals surface area contributed by atoms with Crippen molar-refractivity contribution < 1.29 is 4.79 Å². The van der Waals surface area contributed by atoms with Gasteiger partial charge in [0.05, 0.1) is 24.1 Å². The number of imidazole rings is 1. The van der Waals surface area contributed by atoms with Gasteiger partial charge in [-0.1, -0.05) is 60.7 Å². The Kier molecular flexibility index (Phi) is 9.75. The van der Waals surface area contributed by atoms with Gasteiger partial charge in [0.2, 0.25) is 0 Å². The van der Waals surface area contributed by atoms with Crippen molar-refractivity contribution in [3.63, 3.8) is 0 Å². The molecule has 0 saturated heterocycles. The first kappa shape index (κ1) is 29.0. The maximum Gasteiger partial charge on any atom is 0.256 e.